The molecule has 1 heterocycles. The fourth-order valence-electron chi connectivity index (χ4n) is 2.50. The molecule has 2 N–H and O–H groups in total. The summed E-state index contributed by atoms with van der Waals surface area (Å²) in [5, 5.41) is 3.34. The van der Waals surface area contributed by atoms with Gasteiger partial charge in [0.2, 0.25) is 15.9 Å². The number of benzene rings is 1. The number of halogens is 4. The zero-order valence-corrected chi connectivity index (χ0v) is 16.9. The summed E-state index contributed by atoms with van der Waals surface area (Å²) in [6, 6.07) is 5.06. The third kappa shape index (κ3) is 6.72. The number of piperazine rings is 1. The van der Waals surface area contributed by atoms with Crippen LogP contribution in [0, 0.1) is 0 Å². The minimum Gasteiger partial charge on any atom is -0.329 e. The summed E-state index contributed by atoms with van der Waals surface area (Å²) in [6.45, 7) is -1.01. The number of imide groups is 1. The van der Waals surface area contributed by atoms with E-state index in [9.17, 15) is 31.2 Å². The second-order valence-electron chi connectivity index (χ2n) is 5.98. The Balaban J connectivity index is 1.82. The molecule has 0 bridgehead atoms. The molecule has 1 aliphatic rings. The lowest BCUT2D eigenvalue weighted by Gasteiger charge is -2.33. The normalized spacial score (nSPS) is 16.6. The number of alkyl halides is 3. The number of urea groups is 1. The number of hydrogen-bond acceptors (Lipinski definition) is 5. The summed E-state index contributed by atoms with van der Waals surface area (Å²) in [5.41, 5.74) is 0. The predicted octanol–water partition coefficient (Wildman–Crippen LogP) is 1.14. The molecule has 0 saturated carbocycles. The van der Waals surface area contributed by atoms with Crippen molar-refractivity contribution in [1.29, 1.82) is 0 Å². The van der Waals surface area contributed by atoms with E-state index >= 15 is 0 Å². The Bertz CT molecular complexity index is 827. The Morgan fingerprint density at radius 3 is 2.36 bits per heavy atom. The third-order valence-electron chi connectivity index (χ3n) is 3.83. The topological polar surface area (TPSA) is 98.8 Å². The van der Waals surface area contributed by atoms with E-state index in [1.807, 2.05) is 0 Å². The molecule has 0 spiro atoms. The van der Waals surface area contributed by atoms with E-state index in [4.69, 9.17) is 0 Å². The highest BCUT2D eigenvalue weighted by Gasteiger charge is 2.30. The van der Waals surface area contributed by atoms with Gasteiger partial charge in [-0.05, 0) is 18.2 Å². The van der Waals surface area contributed by atoms with Crippen LogP contribution in [0.4, 0.5) is 18.0 Å². The molecule has 13 heteroatoms. The van der Waals surface area contributed by atoms with Crippen LogP contribution in [-0.4, -0.2) is 75.0 Å². The average Bonchev–Trinajstić information content (AvgIpc) is 2.60. The van der Waals surface area contributed by atoms with Crippen molar-refractivity contribution in [2.45, 2.75) is 11.1 Å². The van der Waals surface area contributed by atoms with Crippen LogP contribution >= 0.6 is 15.9 Å². The molecule has 2 rings (SSSR count). The molecule has 0 aromatic heterocycles. The van der Waals surface area contributed by atoms with E-state index in [0.717, 1.165) is 0 Å². The fourth-order valence-corrected chi connectivity index (χ4v) is 4.52. The summed E-state index contributed by atoms with van der Waals surface area (Å²) in [4.78, 5) is 24.8. The van der Waals surface area contributed by atoms with Gasteiger partial charge in [0, 0.05) is 30.7 Å². The highest BCUT2D eigenvalue weighted by Crippen LogP contribution is 2.21. The van der Waals surface area contributed by atoms with E-state index in [-0.39, 0.29) is 37.6 Å². The SMILES string of the molecule is O=C(CN1CCN(S(=O)(=O)c2cccc(Br)c2)CC1)NC(=O)NCC(F)(F)F. The summed E-state index contributed by atoms with van der Waals surface area (Å²) in [7, 11) is -3.67. The Kier molecular flexibility index (Phi) is 7.42. The lowest BCUT2D eigenvalue weighted by atomic mass is 10.3. The molecule has 8 nitrogen and oxygen atoms in total. The number of nitrogens with one attached hydrogen (secondary N) is 2. The van der Waals surface area contributed by atoms with Crippen LogP contribution in [0.25, 0.3) is 0 Å². The molecule has 3 amide bonds. The van der Waals surface area contributed by atoms with Gasteiger partial charge in [0.1, 0.15) is 6.54 Å². The molecule has 156 valence electrons. The molecule has 0 unspecified atom stereocenters. The van der Waals surface area contributed by atoms with E-state index < -0.39 is 34.7 Å². The van der Waals surface area contributed by atoms with Crippen molar-refractivity contribution in [1.82, 2.24) is 19.8 Å². The lowest BCUT2D eigenvalue weighted by Crippen LogP contribution is -2.52. The minimum atomic E-state index is -4.57. The zero-order chi connectivity index (χ0) is 20.9. The number of amides is 3. The Morgan fingerprint density at radius 1 is 1.14 bits per heavy atom. The van der Waals surface area contributed by atoms with Crippen molar-refractivity contribution < 1.29 is 31.2 Å². The first-order valence-electron chi connectivity index (χ1n) is 8.10. The zero-order valence-electron chi connectivity index (χ0n) is 14.5. The highest BCUT2D eigenvalue weighted by atomic mass is 79.9. The standard InChI is InChI=1S/C15H18BrF3N4O4S/c16-11-2-1-3-12(8-11)28(26,27)23-6-4-22(5-7-23)9-13(24)21-14(25)20-10-15(17,18)19/h1-3,8H,4-7,9-10H2,(H2,20,21,24,25). The van der Waals surface area contributed by atoms with Crippen LogP contribution in [0.15, 0.2) is 33.6 Å². The summed E-state index contributed by atoms with van der Waals surface area (Å²) in [5.74, 6) is -0.775. The van der Waals surface area contributed by atoms with E-state index in [2.05, 4.69) is 15.9 Å². The summed E-state index contributed by atoms with van der Waals surface area (Å²) >= 11 is 3.23. The number of carbonyl (C=O) groups is 2. The minimum absolute atomic E-state index is 0.141. The first-order chi connectivity index (χ1) is 13.0. The Labute approximate surface area is 168 Å². The molecule has 1 aromatic rings. The van der Waals surface area contributed by atoms with E-state index in [0.29, 0.717) is 4.47 Å². The second kappa shape index (κ2) is 9.20. The van der Waals surface area contributed by atoms with Gasteiger partial charge >= 0.3 is 12.2 Å². The van der Waals surface area contributed by atoms with Crippen molar-refractivity contribution in [3.63, 3.8) is 0 Å². The summed E-state index contributed by atoms with van der Waals surface area (Å²) < 4.78 is 63.2. The van der Waals surface area contributed by atoms with Crippen LogP contribution in [0.2, 0.25) is 0 Å². The van der Waals surface area contributed by atoms with Crippen molar-refractivity contribution in [3.05, 3.63) is 28.7 Å². The monoisotopic (exact) mass is 486 g/mol. The smallest absolute Gasteiger partial charge is 0.329 e. The Hall–Kier alpha value is -1.70. The lowest BCUT2D eigenvalue weighted by molar-refractivity contribution is -0.125. The van der Waals surface area contributed by atoms with Crippen LogP contribution in [-0.2, 0) is 14.8 Å². The van der Waals surface area contributed by atoms with Gasteiger partial charge in [-0.3, -0.25) is 15.0 Å². The average molecular weight is 487 g/mol. The predicted molar refractivity (Wildman–Crippen MR) is 96.9 cm³/mol. The molecule has 1 fully saturated rings. The number of rotatable bonds is 5. The van der Waals surface area contributed by atoms with Crippen LogP contribution in [0.3, 0.4) is 0 Å². The number of sulfonamides is 1. The van der Waals surface area contributed by atoms with Gasteiger partial charge in [-0.15, -0.1) is 0 Å². The highest BCUT2D eigenvalue weighted by molar-refractivity contribution is 9.10. The van der Waals surface area contributed by atoms with Crippen molar-refractivity contribution in [2.24, 2.45) is 0 Å². The molecule has 1 aliphatic heterocycles. The second-order valence-corrected chi connectivity index (χ2v) is 8.84. The van der Waals surface area contributed by atoms with Crippen LogP contribution in [0.1, 0.15) is 0 Å². The van der Waals surface area contributed by atoms with Gasteiger partial charge in [0.25, 0.3) is 0 Å². The molecule has 1 saturated heterocycles. The van der Waals surface area contributed by atoms with Gasteiger partial charge in [0.05, 0.1) is 11.4 Å². The first-order valence-corrected chi connectivity index (χ1v) is 10.3. The van der Waals surface area contributed by atoms with E-state index in [1.165, 1.54) is 21.8 Å². The molecule has 0 atom stereocenters. The molecular formula is C15H18BrF3N4O4S. The van der Waals surface area contributed by atoms with Crippen molar-refractivity contribution in [3.8, 4) is 0 Å². The first kappa shape index (κ1) is 22.6. The molecule has 0 radical (unpaired) electrons. The fraction of sp³-hybridized carbons (Fsp3) is 0.467. The van der Waals surface area contributed by atoms with Crippen molar-refractivity contribution >= 4 is 37.9 Å². The maximum Gasteiger partial charge on any atom is 0.405 e. The van der Waals surface area contributed by atoms with Gasteiger partial charge in [-0.2, -0.15) is 17.5 Å². The Morgan fingerprint density at radius 2 is 1.79 bits per heavy atom. The van der Waals surface area contributed by atoms with Gasteiger partial charge < -0.3 is 5.32 Å². The maximum absolute atomic E-state index is 12.6. The quantitative estimate of drug-likeness (QED) is 0.650. The number of carbonyl (C=O) groups excluding carboxylic acids is 2. The van der Waals surface area contributed by atoms with Gasteiger partial charge in [-0.1, -0.05) is 22.0 Å². The van der Waals surface area contributed by atoms with Crippen LogP contribution in [0.5, 0.6) is 0 Å². The largest absolute Gasteiger partial charge is 0.405 e. The summed E-state index contributed by atoms with van der Waals surface area (Å²) in [6.07, 6.45) is -4.57. The van der Waals surface area contributed by atoms with E-state index in [1.54, 1.807) is 22.3 Å². The third-order valence-corrected chi connectivity index (χ3v) is 6.22. The molecule has 28 heavy (non-hydrogen) atoms. The number of hydrogen-bond donors (Lipinski definition) is 2. The molecular weight excluding hydrogens is 469 g/mol. The molecule has 1 aromatic carbocycles. The molecule has 0 aliphatic carbocycles. The maximum atomic E-state index is 12.6. The van der Waals surface area contributed by atoms with Crippen molar-refractivity contribution in [2.75, 3.05) is 39.3 Å². The van der Waals surface area contributed by atoms with Gasteiger partial charge in [0.15, 0.2) is 0 Å². The van der Waals surface area contributed by atoms with Crippen LogP contribution < -0.4 is 10.6 Å². The number of nitrogens with zero attached hydrogens (tertiary/aromatic N) is 2. The van der Waals surface area contributed by atoms with Gasteiger partial charge in [-0.25, -0.2) is 13.2 Å².